The highest BCUT2D eigenvalue weighted by Gasteiger charge is 2.14. The molecule has 0 fully saturated rings. The first-order valence-electron chi connectivity index (χ1n) is 6.08. The Morgan fingerprint density at radius 3 is 2.44 bits per heavy atom. The fraction of sp³-hybridized carbons (Fsp3) is 0.176. The second-order valence-corrected chi connectivity index (χ2v) is 4.37. The first-order chi connectivity index (χ1) is 8.76. The van der Waals surface area contributed by atoms with Crippen LogP contribution in [-0.2, 0) is 0 Å². The summed E-state index contributed by atoms with van der Waals surface area (Å²) in [4.78, 5) is 0. The molecule has 0 N–H and O–H groups in total. The molecule has 1 nitrogen and oxygen atoms in total. The Kier molecular flexibility index (Phi) is 3.83. The lowest BCUT2D eigenvalue weighted by atomic mass is 9.90. The van der Waals surface area contributed by atoms with E-state index in [-0.39, 0.29) is 5.92 Å². The Labute approximate surface area is 109 Å². The van der Waals surface area contributed by atoms with Gasteiger partial charge in [-0.25, -0.2) is 0 Å². The lowest BCUT2D eigenvalue weighted by Gasteiger charge is -2.17. The van der Waals surface area contributed by atoms with Gasteiger partial charge in [-0.1, -0.05) is 54.1 Å². The Balaban J connectivity index is 2.51. The number of methoxy groups -OCH3 is 1. The van der Waals surface area contributed by atoms with Gasteiger partial charge >= 0.3 is 0 Å². The van der Waals surface area contributed by atoms with Crippen LogP contribution in [0.25, 0.3) is 0 Å². The van der Waals surface area contributed by atoms with E-state index < -0.39 is 0 Å². The number of hydrogen-bond donors (Lipinski definition) is 0. The van der Waals surface area contributed by atoms with E-state index in [2.05, 4.69) is 37.8 Å². The molecular weight excluding hydrogens is 220 g/mol. The molecule has 0 saturated carbocycles. The van der Waals surface area contributed by atoms with Crippen molar-refractivity contribution < 1.29 is 4.74 Å². The van der Waals surface area contributed by atoms with Gasteiger partial charge in [-0.3, -0.25) is 0 Å². The molecule has 0 aliphatic carbocycles. The van der Waals surface area contributed by atoms with Crippen molar-refractivity contribution >= 4 is 0 Å². The summed E-state index contributed by atoms with van der Waals surface area (Å²) in [6, 6.07) is 16.6. The van der Waals surface area contributed by atoms with Crippen molar-refractivity contribution in [1.82, 2.24) is 0 Å². The van der Waals surface area contributed by atoms with E-state index in [0.29, 0.717) is 0 Å². The first-order valence-corrected chi connectivity index (χ1v) is 6.08. The Morgan fingerprint density at radius 2 is 1.83 bits per heavy atom. The Bertz CT molecular complexity index is 529. The maximum Gasteiger partial charge on any atom is 0.123 e. The van der Waals surface area contributed by atoms with E-state index in [9.17, 15) is 0 Å². The third-order valence-electron chi connectivity index (χ3n) is 3.11. The van der Waals surface area contributed by atoms with Crippen molar-refractivity contribution in [3.8, 4) is 5.75 Å². The Morgan fingerprint density at radius 1 is 1.11 bits per heavy atom. The summed E-state index contributed by atoms with van der Waals surface area (Å²) in [5, 5.41) is 0. The first kappa shape index (κ1) is 12.4. The largest absolute Gasteiger partial charge is 0.496 e. The van der Waals surface area contributed by atoms with Gasteiger partial charge in [0.25, 0.3) is 0 Å². The maximum atomic E-state index is 5.46. The number of ether oxygens (including phenoxy) is 1. The second kappa shape index (κ2) is 5.54. The molecule has 2 aromatic carbocycles. The molecule has 2 rings (SSSR count). The van der Waals surface area contributed by atoms with Crippen LogP contribution >= 0.6 is 0 Å². The van der Waals surface area contributed by atoms with Crippen LogP contribution in [0.4, 0.5) is 0 Å². The minimum atomic E-state index is 0.168. The van der Waals surface area contributed by atoms with Crippen LogP contribution in [0, 0.1) is 6.92 Å². The van der Waals surface area contributed by atoms with Crippen molar-refractivity contribution in [1.29, 1.82) is 0 Å². The highest BCUT2D eigenvalue weighted by atomic mass is 16.5. The van der Waals surface area contributed by atoms with Gasteiger partial charge in [-0.05, 0) is 18.6 Å². The predicted molar refractivity (Wildman–Crippen MR) is 76.2 cm³/mol. The standard InChI is InChI=1S/C17H18O/c1-4-15(14-8-6-5-7-9-14)16-12-13(2)10-11-17(16)18-3/h4-12,15H,1H2,2-3H3/t15-/m0/s1. The minimum absolute atomic E-state index is 0.168. The van der Waals surface area contributed by atoms with Gasteiger partial charge < -0.3 is 4.74 Å². The van der Waals surface area contributed by atoms with E-state index >= 15 is 0 Å². The summed E-state index contributed by atoms with van der Waals surface area (Å²) in [5.41, 5.74) is 3.63. The Hall–Kier alpha value is -2.02. The number of allylic oxidation sites excluding steroid dienone is 1. The van der Waals surface area contributed by atoms with Gasteiger partial charge in [0, 0.05) is 11.5 Å². The van der Waals surface area contributed by atoms with Crippen LogP contribution in [0.3, 0.4) is 0 Å². The molecule has 1 atom stereocenters. The van der Waals surface area contributed by atoms with Crippen LogP contribution in [0.2, 0.25) is 0 Å². The topological polar surface area (TPSA) is 9.23 Å². The van der Waals surface area contributed by atoms with Gasteiger partial charge in [0.05, 0.1) is 7.11 Å². The molecule has 1 heteroatoms. The summed E-state index contributed by atoms with van der Waals surface area (Å²) in [6.45, 7) is 6.05. The fourth-order valence-corrected chi connectivity index (χ4v) is 2.20. The number of aryl methyl sites for hydroxylation is 1. The predicted octanol–water partition coefficient (Wildman–Crippen LogP) is 4.32. The molecule has 0 radical (unpaired) electrons. The lowest BCUT2D eigenvalue weighted by Crippen LogP contribution is -2.01. The van der Waals surface area contributed by atoms with Crippen LogP contribution in [-0.4, -0.2) is 7.11 Å². The SMILES string of the molecule is C=C[C@@H](c1ccccc1)c1cc(C)ccc1OC. The molecule has 0 bridgehead atoms. The van der Waals surface area contributed by atoms with E-state index in [1.807, 2.05) is 30.3 Å². The smallest absolute Gasteiger partial charge is 0.123 e. The van der Waals surface area contributed by atoms with Gasteiger partial charge in [0.1, 0.15) is 5.75 Å². The van der Waals surface area contributed by atoms with E-state index in [4.69, 9.17) is 4.74 Å². The van der Waals surface area contributed by atoms with Gasteiger partial charge in [-0.2, -0.15) is 0 Å². The molecule has 0 amide bonds. The zero-order chi connectivity index (χ0) is 13.0. The number of rotatable bonds is 4. The molecule has 0 saturated heterocycles. The fourth-order valence-electron chi connectivity index (χ4n) is 2.20. The summed E-state index contributed by atoms with van der Waals surface area (Å²) in [5.74, 6) is 1.08. The van der Waals surface area contributed by atoms with Crippen LogP contribution in [0.15, 0.2) is 61.2 Å². The van der Waals surface area contributed by atoms with E-state index in [1.54, 1.807) is 7.11 Å². The third-order valence-corrected chi connectivity index (χ3v) is 3.11. The lowest BCUT2D eigenvalue weighted by molar-refractivity contribution is 0.409. The van der Waals surface area contributed by atoms with Crippen LogP contribution in [0.5, 0.6) is 5.75 Å². The highest BCUT2D eigenvalue weighted by Crippen LogP contribution is 2.33. The maximum absolute atomic E-state index is 5.46. The monoisotopic (exact) mass is 238 g/mol. The van der Waals surface area contributed by atoms with E-state index in [1.165, 1.54) is 16.7 Å². The minimum Gasteiger partial charge on any atom is -0.496 e. The quantitative estimate of drug-likeness (QED) is 0.721. The molecule has 18 heavy (non-hydrogen) atoms. The summed E-state index contributed by atoms with van der Waals surface area (Å²) in [7, 11) is 1.71. The molecule has 0 spiro atoms. The number of benzene rings is 2. The molecule has 0 heterocycles. The molecule has 2 aromatic rings. The van der Waals surface area contributed by atoms with Crippen molar-refractivity contribution in [2.75, 3.05) is 7.11 Å². The van der Waals surface area contributed by atoms with Gasteiger partial charge in [0.15, 0.2) is 0 Å². The van der Waals surface area contributed by atoms with Gasteiger partial charge in [-0.15, -0.1) is 6.58 Å². The average molecular weight is 238 g/mol. The second-order valence-electron chi connectivity index (χ2n) is 4.37. The molecule has 92 valence electrons. The molecular formula is C17H18O. The van der Waals surface area contributed by atoms with Crippen molar-refractivity contribution in [2.24, 2.45) is 0 Å². The van der Waals surface area contributed by atoms with E-state index in [0.717, 1.165) is 5.75 Å². The normalized spacial score (nSPS) is 11.9. The molecule has 0 aliphatic heterocycles. The molecule has 0 unspecified atom stereocenters. The van der Waals surface area contributed by atoms with Crippen LogP contribution in [0.1, 0.15) is 22.6 Å². The molecule has 0 aromatic heterocycles. The number of hydrogen-bond acceptors (Lipinski definition) is 1. The summed E-state index contributed by atoms with van der Waals surface area (Å²) in [6.07, 6.45) is 1.96. The van der Waals surface area contributed by atoms with Gasteiger partial charge in [0.2, 0.25) is 0 Å². The van der Waals surface area contributed by atoms with Crippen molar-refractivity contribution in [2.45, 2.75) is 12.8 Å². The summed E-state index contributed by atoms with van der Waals surface area (Å²) < 4.78 is 5.46. The van der Waals surface area contributed by atoms with Crippen molar-refractivity contribution in [3.05, 3.63) is 77.9 Å². The average Bonchev–Trinajstić information content (AvgIpc) is 2.41. The van der Waals surface area contributed by atoms with Crippen LogP contribution < -0.4 is 4.74 Å². The van der Waals surface area contributed by atoms with Crippen molar-refractivity contribution in [3.63, 3.8) is 0 Å². The highest BCUT2D eigenvalue weighted by molar-refractivity contribution is 5.46. The zero-order valence-electron chi connectivity index (χ0n) is 10.9. The molecule has 0 aliphatic rings. The zero-order valence-corrected chi connectivity index (χ0v) is 10.9. The third kappa shape index (κ3) is 2.45. The summed E-state index contributed by atoms with van der Waals surface area (Å²) >= 11 is 0.